The van der Waals surface area contributed by atoms with Gasteiger partial charge in [-0.1, -0.05) is 6.07 Å². The van der Waals surface area contributed by atoms with Gasteiger partial charge in [-0.05, 0) is 58.4 Å². The normalized spacial score (nSPS) is 25.4. The molecule has 3 atom stereocenters. The molecule has 1 aromatic heterocycles. The Kier molecular flexibility index (Phi) is 3.98. The minimum Gasteiger partial charge on any atom is -0.324 e. The average molecular weight is 306 g/mol. The summed E-state index contributed by atoms with van der Waals surface area (Å²) in [7, 11) is 2.21. The molecule has 1 aliphatic rings. The maximum atomic E-state index is 6.41. The van der Waals surface area contributed by atoms with E-state index in [9.17, 15) is 0 Å². The fourth-order valence-electron chi connectivity index (χ4n) is 3.39. The van der Waals surface area contributed by atoms with Gasteiger partial charge < -0.3 is 9.47 Å². The van der Waals surface area contributed by atoms with Gasteiger partial charge in [0.25, 0.3) is 0 Å². The minimum absolute atomic E-state index is 0.0623. The lowest BCUT2D eigenvalue weighted by Gasteiger charge is -2.36. The molecular weight excluding hydrogens is 282 g/mol. The number of halogens is 1. The fourth-order valence-corrected chi connectivity index (χ4v) is 3.54. The van der Waals surface area contributed by atoms with Gasteiger partial charge >= 0.3 is 0 Å². The number of aryl methyl sites for hydroxylation is 1. The lowest BCUT2D eigenvalue weighted by molar-refractivity contribution is 0.157. The molecule has 0 N–H and O–H groups in total. The smallest absolute Gasteiger partial charge is 0.127 e. The molecular formula is C17H24ClN3. The summed E-state index contributed by atoms with van der Waals surface area (Å²) in [4.78, 5) is 7.24. The van der Waals surface area contributed by atoms with Crippen molar-refractivity contribution in [2.75, 3.05) is 13.6 Å². The van der Waals surface area contributed by atoms with E-state index in [4.69, 9.17) is 16.6 Å². The molecule has 2 heterocycles. The lowest BCUT2D eigenvalue weighted by Crippen LogP contribution is -2.38. The minimum atomic E-state index is -0.0623. The highest BCUT2D eigenvalue weighted by molar-refractivity contribution is 6.20. The molecule has 0 spiro atoms. The molecule has 0 radical (unpaired) electrons. The van der Waals surface area contributed by atoms with Crippen molar-refractivity contribution in [3.05, 3.63) is 29.6 Å². The van der Waals surface area contributed by atoms with Crippen LogP contribution in [0.15, 0.2) is 18.2 Å². The number of hydrogen-bond donors (Lipinski definition) is 0. The Labute approximate surface area is 131 Å². The van der Waals surface area contributed by atoms with Crippen LogP contribution in [-0.4, -0.2) is 34.1 Å². The molecule has 3 nitrogen and oxygen atoms in total. The molecule has 0 bridgehead atoms. The van der Waals surface area contributed by atoms with Crippen LogP contribution >= 0.6 is 11.6 Å². The van der Waals surface area contributed by atoms with Crippen molar-refractivity contribution in [1.29, 1.82) is 0 Å². The summed E-state index contributed by atoms with van der Waals surface area (Å²) >= 11 is 6.41. The number of nitrogens with zero attached hydrogens (tertiary/aromatic N) is 3. The van der Waals surface area contributed by atoms with Crippen LogP contribution in [-0.2, 0) is 0 Å². The van der Waals surface area contributed by atoms with Gasteiger partial charge in [0.15, 0.2) is 0 Å². The van der Waals surface area contributed by atoms with Gasteiger partial charge in [0.1, 0.15) is 5.82 Å². The van der Waals surface area contributed by atoms with E-state index in [0.29, 0.717) is 12.1 Å². The number of alkyl halides is 1. The molecule has 1 aliphatic heterocycles. The molecule has 21 heavy (non-hydrogen) atoms. The number of imidazole rings is 1. The molecule has 2 aromatic rings. The van der Waals surface area contributed by atoms with E-state index >= 15 is 0 Å². The largest absolute Gasteiger partial charge is 0.324 e. The second kappa shape index (κ2) is 5.62. The Balaban J connectivity index is 2.09. The highest BCUT2D eigenvalue weighted by Crippen LogP contribution is 2.34. The van der Waals surface area contributed by atoms with Crippen LogP contribution in [0.3, 0.4) is 0 Å². The fraction of sp³-hybridized carbons (Fsp3) is 0.588. The predicted molar refractivity (Wildman–Crippen MR) is 89.1 cm³/mol. The highest BCUT2D eigenvalue weighted by atomic mass is 35.5. The van der Waals surface area contributed by atoms with E-state index in [1.165, 1.54) is 11.1 Å². The van der Waals surface area contributed by atoms with Gasteiger partial charge in [-0.25, -0.2) is 4.98 Å². The van der Waals surface area contributed by atoms with Crippen LogP contribution in [0.4, 0.5) is 0 Å². The molecule has 0 amide bonds. The number of benzene rings is 1. The standard InChI is InChI=1S/C17H24ClN3/c1-11-5-6-16-15(9-11)19-17(13(3)18)21(16)14-7-8-20(4)12(2)10-14/h5-6,9,12-14H,7-8,10H2,1-4H3. The Bertz CT molecular complexity index is 647. The molecule has 1 saturated heterocycles. The molecule has 1 fully saturated rings. The van der Waals surface area contributed by atoms with E-state index in [2.05, 4.69) is 48.6 Å². The first-order valence-corrected chi connectivity index (χ1v) is 8.24. The maximum Gasteiger partial charge on any atom is 0.127 e. The highest BCUT2D eigenvalue weighted by Gasteiger charge is 2.28. The van der Waals surface area contributed by atoms with Crippen molar-refractivity contribution in [2.45, 2.75) is 51.1 Å². The number of hydrogen-bond acceptors (Lipinski definition) is 2. The Morgan fingerprint density at radius 2 is 2.14 bits per heavy atom. The molecule has 114 valence electrons. The van der Waals surface area contributed by atoms with Crippen LogP contribution in [0.5, 0.6) is 0 Å². The number of rotatable bonds is 2. The van der Waals surface area contributed by atoms with Gasteiger partial charge in [0, 0.05) is 18.6 Å². The summed E-state index contributed by atoms with van der Waals surface area (Å²) in [6.07, 6.45) is 2.32. The van der Waals surface area contributed by atoms with Crippen molar-refractivity contribution in [3.63, 3.8) is 0 Å². The van der Waals surface area contributed by atoms with Gasteiger partial charge in [0.2, 0.25) is 0 Å². The van der Waals surface area contributed by atoms with Gasteiger partial charge in [-0.2, -0.15) is 0 Å². The number of fused-ring (bicyclic) bond motifs is 1. The second-order valence-corrected chi connectivity index (χ2v) is 7.11. The number of piperidine rings is 1. The number of likely N-dealkylation sites (tertiary alicyclic amines) is 1. The van der Waals surface area contributed by atoms with Crippen molar-refractivity contribution in [2.24, 2.45) is 0 Å². The first kappa shape index (κ1) is 14.9. The monoisotopic (exact) mass is 305 g/mol. The van der Waals surface area contributed by atoms with Crippen LogP contribution < -0.4 is 0 Å². The quantitative estimate of drug-likeness (QED) is 0.771. The maximum absolute atomic E-state index is 6.41. The van der Waals surface area contributed by atoms with Crippen LogP contribution in [0.25, 0.3) is 11.0 Å². The summed E-state index contributed by atoms with van der Waals surface area (Å²) in [6, 6.07) is 7.63. The third-order valence-corrected chi connectivity index (χ3v) is 4.97. The third kappa shape index (κ3) is 2.69. The van der Waals surface area contributed by atoms with E-state index in [1.807, 2.05) is 6.92 Å². The SMILES string of the molecule is Cc1ccc2c(c1)nc(C(C)Cl)n2C1CCN(C)C(C)C1. The summed E-state index contributed by atoms with van der Waals surface area (Å²) in [5.74, 6) is 1.01. The molecule has 3 unspecified atom stereocenters. The molecule has 4 heteroatoms. The van der Waals surface area contributed by atoms with Crippen molar-refractivity contribution in [3.8, 4) is 0 Å². The molecule has 3 rings (SSSR count). The Morgan fingerprint density at radius 3 is 2.81 bits per heavy atom. The van der Waals surface area contributed by atoms with Crippen LogP contribution in [0, 0.1) is 6.92 Å². The van der Waals surface area contributed by atoms with Crippen molar-refractivity contribution < 1.29 is 0 Å². The van der Waals surface area contributed by atoms with Crippen LogP contribution in [0.1, 0.15) is 49.5 Å². The van der Waals surface area contributed by atoms with Gasteiger partial charge in [0.05, 0.1) is 16.4 Å². The molecule has 0 saturated carbocycles. The second-order valence-electron chi connectivity index (χ2n) is 6.46. The summed E-state index contributed by atoms with van der Waals surface area (Å²) < 4.78 is 2.40. The summed E-state index contributed by atoms with van der Waals surface area (Å²) in [5.41, 5.74) is 3.55. The molecule has 1 aromatic carbocycles. The third-order valence-electron chi connectivity index (χ3n) is 4.77. The van der Waals surface area contributed by atoms with Crippen molar-refractivity contribution >= 4 is 22.6 Å². The number of aromatic nitrogens is 2. The van der Waals surface area contributed by atoms with E-state index in [0.717, 1.165) is 30.7 Å². The lowest BCUT2D eigenvalue weighted by atomic mass is 9.98. The van der Waals surface area contributed by atoms with Gasteiger partial charge in [-0.3, -0.25) is 0 Å². The van der Waals surface area contributed by atoms with Gasteiger partial charge in [-0.15, -0.1) is 11.6 Å². The zero-order chi connectivity index (χ0) is 15.1. The summed E-state index contributed by atoms with van der Waals surface area (Å²) in [6.45, 7) is 7.57. The van der Waals surface area contributed by atoms with Crippen molar-refractivity contribution in [1.82, 2.24) is 14.5 Å². The zero-order valence-corrected chi connectivity index (χ0v) is 14.1. The van der Waals surface area contributed by atoms with E-state index < -0.39 is 0 Å². The average Bonchev–Trinajstić information content (AvgIpc) is 2.80. The Hall–Kier alpha value is -1.06. The zero-order valence-electron chi connectivity index (χ0n) is 13.3. The van der Waals surface area contributed by atoms with E-state index in [1.54, 1.807) is 0 Å². The topological polar surface area (TPSA) is 21.1 Å². The predicted octanol–water partition coefficient (Wildman–Crippen LogP) is 4.30. The van der Waals surface area contributed by atoms with Crippen LogP contribution in [0.2, 0.25) is 0 Å². The van der Waals surface area contributed by atoms with E-state index in [-0.39, 0.29) is 5.38 Å². The first-order valence-electron chi connectivity index (χ1n) is 7.80. The first-order chi connectivity index (χ1) is 9.97. The molecule has 0 aliphatic carbocycles. The summed E-state index contributed by atoms with van der Waals surface area (Å²) in [5, 5.41) is -0.0623. The Morgan fingerprint density at radius 1 is 1.38 bits per heavy atom.